The quantitative estimate of drug-likeness (QED) is 0.400. The second kappa shape index (κ2) is 8.62. The number of ketones is 1. The number of halogens is 1. The normalized spacial score (nSPS) is 10.5. The number of anilines is 1. The Bertz CT molecular complexity index is 921. The molecule has 0 aliphatic heterocycles. The second-order valence-electron chi connectivity index (χ2n) is 5.48. The Balaban J connectivity index is 1.59. The molecule has 0 unspecified atom stereocenters. The minimum absolute atomic E-state index is 0.0322. The van der Waals surface area contributed by atoms with Gasteiger partial charge in [0.1, 0.15) is 0 Å². The Morgan fingerprint density at radius 1 is 1.12 bits per heavy atom. The van der Waals surface area contributed by atoms with Gasteiger partial charge in [-0.1, -0.05) is 39.8 Å². The van der Waals surface area contributed by atoms with E-state index in [1.807, 2.05) is 29.6 Å². The fourth-order valence-electron chi connectivity index (χ4n) is 2.23. The number of carbonyl (C=O) groups excluding carboxylic acids is 2. The highest BCUT2D eigenvalue weighted by Crippen LogP contribution is 2.29. The van der Waals surface area contributed by atoms with Crippen molar-refractivity contribution < 1.29 is 9.59 Å². The molecule has 26 heavy (non-hydrogen) atoms. The Hall–Kier alpha value is -1.96. The van der Waals surface area contributed by atoms with Gasteiger partial charge in [0.25, 0.3) is 0 Å². The van der Waals surface area contributed by atoms with E-state index >= 15 is 0 Å². The number of hydrogen-bond donors (Lipinski definition) is 1. The van der Waals surface area contributed by atoms with Crippen LogP contribution in [0.15, 0.2) is 62.7 Å². The molecule has 0 aliphatic carbocycles. The summed E-state index contributed by atoms with van der Waals surface area (Å²) in [6.07, 6.45) is 0. The van der Waals surface area contributed by atoms with E-state index < -0.39 is 0 Å². The summed E-state index contributed by atoms with van der Waals surface area (Å²) in [4.78, 5) is 27.9. The van der Waals surface area contributed by atoms with Gasteiger partial charge in [-0.15, -0.1) is 11.3 Å². The third-order valence-electron chi connectivity index (χ3n) is 3.48. The van der Waals surface area contributed by atoms with E-state index in [0.717, 1.165) is 20.1 Å². The highest BCUT2D eigenvalue weighted by Gasteiger charge is 2.10. The smallest absolute Gasteiger partial charge is 0.221 e. The molecule has 0 saturated heterocycles. The SMILES string of the molecule is CC(=O)Nc1ccc(C(=O)CSc2nc(-c3ccc(Br)cc3)cs2)cc1. The molecule has 3 aromatic rings. The van der Waals surface area contributed by atoms with Crippen molar-refractivity contribution in [2.45, 2.75) is 11.3 Å². The molecule has 0 atom stereocenters. The lowest BCUT2D eigenvalue weighted by atomic mass is 10.1. The van der Waals surface area contributed by atoms with Gasteiger partial charge in [0, 0.05) is 33.6 Å². The third kappa shape index (κ3) is 5.03. The van der Waals surface area contributed by atoms with Crippen LogP contribution in [-0.4, -0.2) is 22.4 Å². The molecule has 132 valence electrons. The number of nitrogens with zero attached hydrogens (tertiary/aromatic N) is 1. The van der Waals surface area contributed by atoms with Crippen molar-refractivity contribution in [2.75, 3.05) is 11.1 Å². The van der Waals surface area contributed by atoms with Crippen LogP contribution in [0.1, 0.15) is 17.3 Å². The van der Waals surface area contributed by atoms with E-state index in [1.165, 1.54) is 30.0 Å². The third-order valence-corrected chi connectivity index (χ3v) is 6.03. The zero-order chi connectivity index (χ0) is 18.5. The molecule has 1 aromatic heterocycles. The predicted octanol–water partition coefficient (Wildman–Crippen LogP) is 5.51. The number of hydrogen-bond acceptors (Lipinski definition) is 5. The molecule has 1 N–H and O–H groups in total. The molecule has 7 heteroatoms. The predicted molar refractivity (Wildman–Crippen MR) is 111 cm³/mol. The molecule has 0 spiro atoms. The van der Waals surface area contributed by atoms with Gasteiger partial charge in [-0.05, 0) is 36.4 Å². The van der Waals surface area contributed by atoms with Crippen molar-refractivity contribution in [1.29, 1.82) is 0 Å². The van der Waals surface area contributed by atoms with Crippen LogP contribution in [0.3, 0.4) is 0 Å². The molecule has 0 radical (unpaired) electrons. The molecule has 0 aliphatic rings. The van der Waals surface area contributed by atoms with Crippen molar-refractivity contribution in [3.63, 3.8) is 0 Å². The number of carbonyl (C=O) groups is 2. The zero-order valence-corrected chi connectivity index (χ0v) is 17.1. The summed E-state index contributed by atoms with van der Waals surface area (Å²) in [5, 5.41) is 4.68. The lowest BCUT2D eigenvalue weighted by Crippen LogP contribution is -2.06. The minimum Gasteiger partial charge on any atom is -0.326 e. The average Bonchev–Trinajstić information content (AvgIpc) is 3.09. The first-order valence-electron chi connectivity index (χ1n) is 7.76. The molecule has 3 rings (SSSR count). The summed E-state index contributed by atoms with van der Waals surface area (Å²) in [6, 6.07) is 14.9. The summed E-state index contributed by atoms with van der Waals surface area (Å²) in [5.74, 6) is 0.224. The minimum atomic E-state index is -0.134. The first kappa shape index (κ1) is 18.8. The van der Waals surface area contributed by atoms with E-state index in [9.17, 15) is 9.59 Å². The maximum atomic E-state index is 12.3. The molecule has 1 heterocycles. The van der Waals surface area contributed by atoms with Gasteiger partial charge < -0.3 is 5.32 Å². The Kier molecular flexibility index (Phi) is 6.24. The number of thioether (sulfide) groups is 1. The first-order valence-corrected chi connectivity index (χ1v) is 10.4. The largest absolute Gasteiger partial charge is 0.326 e. The van der Waals surface area contributed by atoms with Gasteiger partial charge >= 0.3 is 0 Å². The highest BCUT2D eigenvalue weighted by molar-refractivity contribution is 9.10. The molecule has 0 fully saturated rings. The van der Waals surface area contributed by atoms with Crippen LogP contribution in [0.2, 0.25) is 0 Å². The van der Waals surface area contributed by atoms with Crippen LogP contribution < -0.4 is 5.32 Å². The summed E-state index contributed by atoms with van der Waals surface area (Å²) in [7, 11) is 0. The fourth-order valence-corrected chi connectivity index (χ4v) is 4.22. The summed E-state index contributed by atoms with van der Waals surface area (Å²) >= 11 is 6.39. The lowest BCUT2D eigenvalue weighted by Gasteiger charge is -2.03. The van der Waals surface area contributed by atoms with E-state index in [2.05, 4.69) is 26.2 Å². The van der Waals surface area contributed by atoms with E-state index in [-0.39, 0.29) is 11.7 Å². The van der Waals surface area contributed by atoms with Crippen LogP contribution >= 0.6 is 39.0 Å². The number of thiazole rings is 1. The molecular formula is C19H15BrN2O2S2. The Morgan fingerprint density at radius 3 is 2.46 bits per heavy atom. The van der Waals surface area contributed by atoms with Crippen molar-refractivity contribution in [3.05, 3.63) is 63.9 Å². The summed E-state index contributed by atoms with van der Waals surface area (Å²) < 4.78 is 1.90. The monoisotopic (exact) mass is 446 g/mol. The van der Waals surface area contributed by atoms with Gasteiger partial charge in [-0.3, -0.25) is 9.59 Å². The van der Waals surface area contributed by atoms with Crippen LogP contribution in [0, 0.1) is 0 Å². The molecule has 4 nitrogen and oxygen atoms in total. The fraction of sp³-hybridized carbons (Fsp3) is 0.105. The van der Waals surface area contributed by atoms with Gasteiger partial charge in [0.05, 0.1) is 11.4 Å². The number of amides is 1. The number of aromatic nitrogens is 1. The molecule has 2 aromatic carbocycles. The van der Waals surface area contributed by atoms with Crippen LogP contribution in [-0.2, 0) is 4.79 Å². The van der Waals surface area contributed by atoms with Gasteiger partial charge in [-0.25, -0.2) is 4.98 Å². The van der Waals surface area contributed by atoms with E-state index in [0.29, 0.717) is 17.0 Å². The number of rotatable bonds is 6. The van der Waals surface area contributed by atoms with Crippen molar-refractivity contribution in [1.82, 2.24) is 4.98 Å². The van der Waals surface area contributed by atoms with Crippen molar-refractivity contribution >= 4 is 56.4 Å². The molecule has 1 amide bonds. The standard InChI is InChI=1S/C19H15BrN2O2S2/c1-12(23)21-16-8-4-14(5-9-16)18(24)11-26-19-22-17(10-25-19)13-2-6-15(20)7-3-13/h2-10H,11H2,1H3,(H,21,23). The molecule has 0 bridgehead atoms. The summed E-state index contributed by atoms with van der Waals surface area (Å²) in [6.45, 7) is 1.45. The topological polar surface area (TPSA) is 59.1 Å². The maximum Gasteiger partial charge on any atom is 0.221 e. The van der Waals surface area contributed by atoms with Crippen molar-refractivity contribution in [2.24, 2.45) is 0 Å². The number of benzene rings is 2. The molecular weight excluding hydrogens is 432 g/mol. The number of nitrogens with one attached hydrogen (secondary N) is 1. The van der Waals surface area contributed by atoms with E-state index in [1.54, 1.807) is 24.3 Å². The van der Waals surface area contributed by atoms with Gasteiger partial charge in [-0.2, -0.15) is 0 Å². The van der Waals surface area contributed by atoms with E-state index in [4.69, 9.17) is 0 Å². The maximum absolute atomic E-state index is 12.3. The van der Waals surface area contributed by atoms with Gasteiger partial charge in [0.15, 0.2) is 10.1 Å². The summed E-state index contributed by atoms with van der Waals surface area (Å²) in [5.41, 5.74) is 3.27. The first-order chi connectivity index (χ1) is 12.5. The highest BCUT2D eigenvalue weighted by atomic mass is 79.9. The van der Waals surface area contributed by atoms with Crippen molar-refractivity contribution in [3.8, 4) is 11.3 Å². The van der Waals surface area contributed by atoms with Crippen LogP contribution in [0.5, 0.6) is 0 Å². The average molecular weight is 447 g/mol. The molecule has 0 saturated carbocycles. The number of Topliss-reactive ketones (excluding diaryl/α,β-unsaturated/α-hetero) is 1. The zero-order valence-electron chi connectivity index (χ0n) is 13.9. The van der Waals surface area contributed by atoms with Gasteiger partial charge in [0.2, 0.25) is 5.91 Å². The van der Waals surface area contributed by atoms with Crippen LogP contribution in [0.25, 0.3) is 11.3 Å². The Labute approximate surface area is 168 Å². The Morgan fingerprint density at radius 2 is 1.81 bits per heavy atom. The second-order valence-corrected chi connectivity index (χ2v) is 8.47. The van der Waals surface area contributed by atoms with Crippen LogP contribution in [0.4, 0.5) is 5.69 Å². The lowest BCUT2D eigenvalue weighted by molar-refractivity contribution is -0.114.